The molecule has 1 N–H and O–H groups in total. The summed E-state index contributed by atoms with van der Waals surface area (Å²) in [6.45, 7) is 7.17. The van der Waals surface area contributed by atoms with E-state index in [0.29, 0.717) is 39.0 Å². The molecule has 0 bridgehead atoms. The molecule has 1 heterocycles. The third-order valence-electron chi connectivity index (χ3n) is 5.80. The van der Waals surface area contributed by atoms with Crippen LogP contribution in [0.25, 0.3) is 5.57 Å². The van der Waals surface area contributed by atoms with Gasteiger partial charge in [-0.2, -0.15) is 0 Å². The number of carbonyl (C=O) groups excluding carboxylic acids is 1. The Labute approximate surface area is 183 Å². The average molecular weight is 434 g/mol. The Hall–Kier alpha value is -2.57. The van der Waals surface area contributed by atoms with Gasteiger partial charge in [0.15, 0.2) is 11.6 Å². The number of carboxylic acids is 1. The minimum absolute atomic E-state index is 0.221. The molecule has 0 radical (unpaired) electrons. The van der Waals surface area contributed by atoms with Crippen LogP contribution in [0.1, 0.15) is 58.4 Å². The summed E-state index contributed by atoms with van der Waals surface area (Å²) in [5, 5.41) is 9.10. The van der Waals surface area contributed by atoms with E-state index in [0.717, 1.165) is 24.0 Å². The third-order valence-corrected chi connectivity index (χ3v) is 5.80. The number of allylic oxidation sites excluding steroid dienone is 2. The molecule has 1 aromatic rings. The molecule has 0 saturated carbocycles. The molecule has 1 aromatic carbocycles. The Morgan fingerprint density at radius 1 is 1.19 bits per heavy atom. The average Bonchev–Trinajstić information content (AvgIpc) is 2.72. The summed E-state index contributed by atoms with van der Waals surface area (Å²) >= 11 is 0. The number of benzene rings is 1. The minimum atomic E-state index is -0.776. The van der Waals surface area contributed by atoms with E-state index in [1.807, 2.05) is 32.9 Å². The van der Waals surface area contributed by atoms with Gasteiger partial charge in [0.2, 0.25) is 0 Å². The van der Waals surface area contributed by atoms with Gasteiger partial charge in [-0.25, -0.2) is 9.18 Å². The van der Waals surface area contributed by atoms with Crippen molar-refractivity contribution < 1.29 is 28.6 Å². The van der Waals surface area contributed by atoms with Gasteiger partial charge >= 0.3 is 12.1 Å². The monoisotopic (exact) mass is 433 g/mol. The lowest BCUT2D eigenvalue weighted by Crippen LogP contribution is -2.42. The number of piperidine rings is 1. The zero-order valence-electron chi connectivity index (χ0n) is 18.5. The minimum Gasteiger partial charge on any atom is -0.490 e. The lowest BCUT2D eigenvalue weighted by atomic mass is 9.86. The van der Waals surface area contributed by atoms with Gasteiger partial charge in [-0.1, -0.05) is 12.1 Å². The lowest BCUT2D eigenvalue weighted by molar-refractivity contribution is -0.141. The first kappa shape index (κ1) is 23.1. The molecule has 7 heteroatoms. The number of rotatable bonds is 5. The number of carbonyl (C=O) groups is 2. The molecular weight excluding hydrogens is 401 g/mol. The van der Waals surface area contributed by atoms with Crippen molar-refractivity contribution in [3.63, 3.8) is 0 Å². The predicted molar refractivity (Wildman–Crippen MR) is 115 cm³/mol. The third kappa shape index (κ3) is 6.45. The number of aliphatic carboxylic acids is 1. The van der Waals surface area contributed by atoms with E-state index in [4.69, 9.17) is 14.6 Å². The first-order valence-electron chi connectivity index (χ1n) is 10.9. The molecule has 1 unspecified atom stereocenters. The quantitative estimate of drug-likeness (QED) is 0.698. The molecule has 1 saturated heterocycles. The van der Waals surface area contributed by atoms with E-state index < -0.39 is 17.4 Å². The van der Waals surface area contributed by atoms with Crippen molar-refractivity contribution in [2.45, 2.75) is 58.5 Å². The molecular formula is C24H32FNO5. The van der Waals surface area contributed by atoms with Crippen LogP contribution in [-0.4, -0.2) is 47.4 Å². The number of nitrogens with zero attached hydrogens (tertiary/aromatic N) is 1. The molecule has 1 amide bonds. The molecule has 3 rings (SSSR count). The Kier molecular flexibility index (Phi) is 7.23. The maximum absolute atomic E-state index is 14.6. The standard InChI is InChI=1S/C24H32FNO5/c1-24(2,3)31-23(29)26-12-10-16(11-13-26)15-30-21-9-8-19(14-20(21)25)17-4-6-18(7-5-17)22(27)28/h4,8-9,14,16,18H,5-7,10-13,15H2,1-3H3,(H,27,28). The van der Waals surface area contributed by atoms with E-state index in [-0.39, 0.29) is 23.7 Å². The normalized spacial score (nSPS) is 20.2. The fourth-order valence-electron chi connectivity index (χ4n) is 3.95. The van der Waals surface area contributed by atoms with E-state index in [9.17, 15) is 14.0 Å². The molecule has 1 fully saturated rings. The highest BCUT2D eigenvalue weighted by molar-refractivity contribution is 5.74. The number of halogens is 1. The Morgan fingerprint density at radius 2 is 1.90 bits per heavy atom. The summed E-state index contributed by atoms with van der Waals surface area (Å²) in [6, 6.07) is 4.94. The largest absolute Gasteiger partial charge is 0.490 e. The number of ether oxygens (including phenoxy) is 2. The van der Waals surface area contributed by atoms with Crippen LogP contribution >= 0.6 is 0 Å². The van der Waals surface area contributed by atoms with Gasteiger partial charge in [-0.3, -0.25) is 4.79 Å². The SMILES string of the molecule is CC(C)(C)OC(=O)N1CCC(COc2ccc(C3=CCC(C(=O)O)CC3)cc2F)CC1. The summed E-state index contributed by atoms with van der Waals surface area (Å²) < 4.78 is 25.7. The summed E-state index contributed by atoms with van der Waals surface area (Å²) in [5.74, 6) is -1.06. The maximum Gasteiger partial charge on any atom is 0.410 e. The lowest BCUT2D eigenvalue weighted by Gasteiger charge is -2.33. The van der Waals surface area contributed by atoms with Gasteiger partial charge < -0.3 is 19.5 Å². The molecule has 1 aliphatic heterocycles. The van der Waals surface area contributed by atoms with E-state index in [1.54, 1.807) is 11.0 Å². The molecule has 0 spiro atoms. The molecule has 1 aliphatic carbocycles. The van der Waals surface area contributed by atoms with Crippen LogP contribution in [0.15, 0.2) is 24.3 Å². The van der Waals surface area contributed by atoms with Crippen molar-refractivity contribution in [1.29, 1.82) is 0 Å². The van der Waals surface area contributed by atoms with Gasteiger partial charge in [0.25, 0.3) is 0 Å². The van der Waals surface area contributed by atoms with Crippen LogP contribution < -0.4 is 4.74 Å². The first-order chi connectivity index (χ1) is 14.6. The number of amides is 1. The Balaban J connectivity index is 1.49. The molecule has 0 aromatic heterocycles. The molecule has 31 heavy (non-hydrogen) atoms. The topological polar surface area (TPSA) is 76.1 Å². The fourth-order valence-corrected chi connectivity index (χ4v) is 3.95. The Morgan fingerprint density at radius 3 is 2.45 bits per heavy atom. The molecule has 6 nitrogen and oxygen atoms in total. The van der Waals surface area contributed by atoms with Crippen LogP contribution in [0.5, 0.6) is 5.75 Å². The van der Waals surface area contributed by atoms with Gasteiger partial charge in [-0.15, -0.1) is 0 Å². The van der Waals surface area contributed by atoms with Crippen LogP contribution in [0.2, 0.25) is 0 Å². The predicted octanol–water partition coefficient (Wildman–Crippen LogP) is 5.12. The fraction of sp³-hybridized carbons (Fsp3) is 0.583. The zero-order chi connectivity index (χ0) is 22.6. The van der Waals surface area contributed by atoms with Crippen molar-refractivity contribution in [1.82, 2.24) is 4.90 Å². The van der Waals surface area contributed by atoms with Crippen molar-refractivity contribution in [3.8, 4) is 5.75 Å². The van der Waals surface area contributed by atoms with Crippen LogP contribution in [0.3, 0.4) is 0 Å². The molecule has 170 valence electrons. The summed E-state index contributed by atoms with van der Waals surface area (Å²) in [7, 11) is 0. The second-order valence-corrected chi connectivity index (χ2v) is 9.41. The van der Waals surface area contributed by atoms with Gasteiger partial charge in [0, 0.05) is 13.1 Å². The Bertz CT molecular complexity index is 837. The van der Waals surface area contributed by atoms with Crippen LogP contribution in [-0.2, 0) is 9.53 Å². The second kappa shape index (κ2) is 9.71. The second-order valence-electron chi connectivity index (χ2n) is 9.41. The van der Waals surface area contributed by atoms with Gasteiger partial charge in [-0.05, 0) is 82.1 Å². The molecule has 1 atom stereocenters. The summed E-state index contributed by atoms with van der Waals surface area (Å²) in [5.41, 5.74) is 1.25. The highest BCUT2D eigenvalue weighted by Gasteiger charge is 2.27. The summed E-state index contributed by atoms with van der Waals surface area (Å²) in [6.07, 6.45) is 4.87. The van der Waals surface area contributed by atoms with Crippen molar-refractivity contribution in [2.75, 3.05) is 19.7 Å². The van der Waals surface area contributed by atoms with Gasteiger partial charge in [0.1, 0.15) is 5.60 Å². The van der Waals surface area contributed by atoms with E-state index >= 15 is 0 Å². The van der Waals surface area contributed by atoms with E-state index in [2.05, 4.69) is 0 Å². The smallest absolute Gasteiger partial charge is 0.410 e. The highest BCUT2D eigenvalue weighted by atomic mass is 19.1. The van der Waals surface area contributed by atoms with Crippen molar-refractivity contribution in [3.05, 3.63) is 35.7 Å². The maximum atomic E-state index is 14.6. The van der Waals surface area contributed by atoms with E-state index in [1.165, 1.54) is 6.07 Å². The van der Waals surface area contributed by atoms with Crippen molar-refractivity contribution in [2.24, 2.45) is 11.8 Å². The first-order valence-corrected chi connectivity index (χ1v) is 10.9. The highest BCUT2D eigenvalue weighted by Crippen LogP contribution is 2.32. The zero-order valence-corrected chi connectivity index (χ0v) is 18.5. The number of hydrogen-bond donors (Lipinski definition) is 1. The number of carboxylic acid groups (broad SMARTS) is 1. The number of likely N-dealkylation sites (tertiary alicyclic amines) is 1. The number of hydrogen-bond acceptors (Lipinski definition) is 4. The summed E-state index contributed by atoms with van der Waals surface area (Å²) in [4.78, 5) is 24.9. The van der Waals surface area contributed by atoms with Crippen LogP contribution in [0, 0.1) is 17.7 Å². The molecule has 2 aliphatic rings. The van der Waals surface area contributed by atoms with Crippen LogP contribution in [0.4, 0.5) is 9.18 Å². The van der Waals surface area contributed by atoms with Gasteiger partial charge in [0.05, 0.1) is 12.5 Å². The van der Waals surface area contributed by atoms with Crippen molar-refractivity contribution >= 4 is 17.6 Å².